The van der Waals surface area contributed by atoms with Gasteiger partial charge in [-0.25, -0.2) is 0 Å². The monoisotopic (exact) mass is 280 g/mol. The molecule has 0 saturated heterocycles. The van der Waals surface area contributed by atoms with Crippen molar-refractivity contribution in [1.82, 2.24) is 4.90 Å². The Morgan fingerprint density at radius 3 is 2.75 bits per heavy atom. The first-order chi connectivity index (χ1) is 7.70. The molecule has 84 valence electrons. The Balaban J connectivity index is 2.84. The fraction of sp³-hybridized carbons (Fsp3) is 0.333. The van der Waals surface area contributed by atoms with E-state index in [-0.39, 0.29) is 5.91 Å². The molecule has 0 spiro atoms. The normalized spacial score (nSPS) is 9.56. The highest BCUT2D eigenvalue weighted by molar-refractivity contribution is 9.10. The van der Waals surface area contributed by atoms with Gasteiger partial charge in [0.25, 0.3) is 5.91 Å². The van der Waals surface area contributed by atoms with Crippen molar-refractivity contribution >= 4 is 21.8 Å². The molecule has 0 aliphatic rings. The van der Waals surface area contributed by atoms with Gasteiger partial charge < -0.3 is 4.90 Å². The van der Waals surface area contributed by atoms with Gasteiger partial charge in [0.1, 0.15) is 0 Å². The fourth-order valence-corrected chi connectivity index (χ4v) is 1.85. The number of carbonyl (C=O) groups excluding carboxylic acids is 1. The van der Waals surface area contributed by atoms with Gasteiger partial charge in [-0.3, -0.25) is 4.79 Å². The molecule has 0 fully saturated rings. The molecule has 1 amide bonds. The smallest absolute Gasteiger partial charge is 0.255 e. The minimum atomic E-state index is -0.0368. The van der Waals surface area contributed by atoms with Crippen LogP contribution < -0.4 is 0 Å². The molecule has 0 unspecified atom stereocenters. The van der Waals surface area contributed by atoms with Crippen LogP contribution in [-0.2, 0) is 0 Å². The molecule has 0 aliphatic carbocycles. The van der Waals surface area contributed by atoms with Gasteiger partial charge in [-0.1, -0.05) is 12.1 Å². The van der Waals surface area contributed by atoms with Crippen molar-refractivity contribution in [3.05, 3.63) is 34.3 Å². The molecule has 16 heavy (non-hydrogen) atoms. The molecular weight excluding hydrogens is 268 g/mol. The van der Waals surface area contributed by atoms with Gasteiger partial charge in [-0.2, -0.15) is 5.26 Å². The second-order valence-electron chi connectivity index (χ2n) is 3.27. The summed E-state index contributed by atoms with van der Waals surface area (Å²) >= 11 is 3.35. The van der Waals surface area contributed by atoms with Gasteiger partial charge in [0.15, 0.2) is 0 Å². The van der Waals surface area contributed by atoms with Crippen LogP contribution in [0.5, 0.6) is 0 Å². The highest BCUT2D eigenvalue weighted by Gasteiger charge is 2.15. The first-order valence-corrected chi connectivity index (χ1v) is 5.90. The standard InChI is InChI=1S/C12H13BrN2O/c1-2-15(9-5-8-14)12(16)10-6-3-4-7-11(10)13/h3-4,6-7H,2,5,9H2,1H3. The molecule has 0 N–H and O–H groups in total. The van der Waals surface area contributed by atoms with Crippen molar-refractivity contribution in [2.45, 2.75) is 13.3 Å². The van der Waals surface area contributed by atoms with Crippen LogP contribution in [0, 0.1) is 11.3 Å². The van der Waals surface area contributed by atoms with Gasteiger partial charge in [-0.05, 0) is 35.0 Å². The highest BCUT2D eigenvalue weighted by atomic mass is 79.9. The Labute approximate surface area is 104 Å². The molecule has 1 aromatic rings. The molecule has 0 atom stereocenters. The number of hydrogen-bond donors (Lipinski definition) is 0. The minimum Gasteiger partial charge on any atom is -0.338 e. The van der Waals surface area contributed by atoms with Crippen molar-refractivity contribution < 1.29 is 4.79 Å². The summed E-state index contributed by atoms with van der Waals surface area (Å²) in [6.07, 6.45) is 0.365. The molecule has 0 heterocycles. The first kappa shape index (κ1) is 12.7. The lowest BCUT2D eigenvalue weighted by molar-refractivity contribution is 0.0767. The van der Waals surface area contributed by atoms with Gasteiger partial charge in [0.05, 0.1) is 18.1 Å². The summed E-state index contributed by atoms with van der Waals surface area (Å²) in [6.45, 7) is 3.00. The Morgan fingerprint density at radius 1 is 1.50 bits per heavy atom. The maximum Gasteiger partial charge on any atom is 0.255 e. The van der Waals surface area contributed by atoms with Crippen LogP contribution in [0.15, 0.2) is 28.7 Å². The van der Waals surface area contributed by atoms with Crippen molar-refractivity contribution in [2.75, 3.05) is 13.1 Å². The number of carbonyl (C=O) groups is 1. The van der Waals surface area contributed by atoms with Gasteiger partial charge >= 0.3 is 0 Å². The van der Waals surface area contributed by atoms with Gasteiger partial charge in [-0.15, -0.1) is 0 Å². The topological polar surface area (TPSA) is 44.1 Å². The summed E-state index contributed by atoms with van der Waals surface area (Å²) < 4.78 is 0.787. The highest BCUT2D eigenvalue weighted by Crippen LogP contribution is 2.17. The lowest BCUT2D eigenvalue weighted by Crippen LogP contribution is -2.31. The minimum absolute atomic E-state index is 0.0368. The lowest BCUT2D eigenvalue weighted by Gasteiger charge is -2.20. The van der Waals surface area contributed by atoms with Crippen LogP contribution in [0.25, 0.3) is 0 Å². The second kappa shape index (κ2) is 6.29. The molecule has 4 heteroatoms. The SMILES string of the molecule is CCN(CCC#N)C(=O)c1ccccc1Br. The third kappa shape index (κ3) is 3.07. The largest absolute Gasteiger partial charge is 0.338 e. The van der Waals surface area contributed by atoms with Crippen LogP contribution in [0.4, 0.5) is 0 Å². The van der Waals surface area contributed by atoms with Crippen LogP contribution >= 0.6 is 15.9 Å². The fourth-order valence-electron chi connectivity index (χ4n) is 1.39. The number of amides is 1. The zero-order chi connectivity index (χ0) is 12.0. The Hall–Kier alpha value is -1.34. The second-order valence-corrected chi connectivity index (χ2v) is 4.13. The number of hydrogen-bond acceptors (Lipinski definition) is 2. The van der Waals surface area contributed by atoms with E-state index in [0.717, 1.165) is 4.47 Å². The number of halogens is 1. The van der Waals surface area contributed by atoms with Crippen LogP contribution in [0.3, 0.4) is 0 Å². The Bertz CT molecular complexity index is 412. The van der Waals surface area contributed by atoms with E-state index in [2.05, 4.69) is 15.9 Å². The average molecular weight is 281 g/mol. The van der Waals surface area contributed by atoms with E-state index in [9.17, 15) is 4.79 Å². The van der Waals surface area contributed by atoms with Crippen molar-refractivity contribution in [1.29, 1.82) is 5.26 Å². The van der Waals surface area contributed by atoms with Crippen LogP contribution in [-0.4, -0.2) is 23.9 Å². The molecule has 0 aromatic heterocycles. The Morgan fingerprint density at radius 2 is 2.19 bits per heavy atom. The third-order valence-corrected chi connectivity index (χ3v) is 2.96. The molecule has 1 aromatic carbocycles. The molecule has 0 bridgehead atoms. The summed E-state index contributed by atoms with van der Waals surface area (Å²) in [5, 5.41) is 8.52. The first-order valence-electron chi connectivity index (χ1n) is 5.11. The molecule has 1 rings (SSSR count). The summed E-state index contributed by atoms with van der Waals surface area (Å²) in [7, 11) is 0. The quantitative estimate of drug-likeness (QED) is 0.851. The average Bonchev–Trinajstić information content (AvgIpc) is 2.30. The molecule has 0 saturated carbocycles. The molecule has 3 nitrogen and oxygen atoms in total. The van der Waals surface area contributed by atoms with E-state index in [1.54, 1.807) is 11.0 Å². The van der Waals surface area contributed by atoms with E-state index in [1.807, 2.05) is 31.2 Å². The number of nitriles is 1. The van der Waals surface area contributed by atoms with E-state index in [1.165, 1.54) is 0 Å². The van der Waals surface area contributed by atoms with Gasteiger partial charge in [0, 0.05) is 17.6 Å². The molecular formula is C12H13BrN2O. The summed E-state index contributed by atoms with van der Waals surface area (Å²) in [5.74, 6) is -0.0368. The molecule has 0 aliphatic heterocycles. The van der Waals surface area contributed by atoms with Crippen molar-refractivity contribution in [2.24, 2.45) is 0 Å². The van der Waals surface area contributed by atoms with Crippen molar-refractivity contribution in [3.63, 3.8) is 0 Å². The summed E-state index contributed by atoms with van der Waals surface area (Å²) in [4.78, 5) is 13.8. The lowest BCUT2D eigenvalue weighted by atomic mass is 10.2. The van der Waals surface area contributed by atoms with E-state index in [4.69, 9.17) is 5.26 Å². The van der Waals surface area contributed by atoms with E-state index >= 15 is 0 Å². The summed E-state index contributed by atoms with van der Waals surface area (Å²) in [5.41, 5.74) is 0.641. The summed E-state index contributed by atoms with van der Waals surface area (Å²) in [6, 6.07) is 9.36. The zero-order valence-electron chi connectivity index (χ0n) is 9.11. The van der Waals surface area contributed by atoms with E-state index in [0.29, 0.717) is 25.1 Å². The van der Waals surface area contributed by atoms with E-state index < -0.39 is 0 Å². The zero-order valence-corrected chi connectivity index (χ0v) is 10.7. The van der Waals surface area contributed by atoms with Gasteiger partial charge in [0.2, 0.25) is 0 Å². The predicted molar refractivity (Wildman–Crippen MR) is 65.9 cm³/mol. The molecule has 0 radical (unpaired) electrons. The maximum absolute atomic E-state index is 12.1. The van der Waals surface area contributed by atoms with Crippen molar-refractivity contribution in [3.8, 4) is 6.07 Å². The number of nitrogens with zero attached hydrogens (tertiary/aromatic N) is 2. The Kier molecular flexibility index (Phi) is 5.00. The maximum atomic E-state index is 12.1. The van der Waals surface area contributed by atoms with Crippen LogP contribution in [0.2, 0.25) is 0 Å². The number of benzene rings is 1. The van der Waals surface area contributed by atoms with Crippen LogP contribution in [0.1, 0.15) is 23.7 Å². The third-order valence-electron chi connectivity index (χ3n) is 2.27. The predicted octanol–water partition coefficient (Wildman–Crippen LogP) is 2.82. The number of rotatable bonds is 4.